The molecule has 0 radical (unpaired) electrons. The molecule has 5 heteroatoms. The molecule has 2 aromatic rings. The Balaban J connectivity index is 1.98. The number of phenols is 1. The van der Waals surface area contributed by atoms with E-state index in [9.17, 15) is 14.7 Å². The molecule has 0 heterocycles. The minimum Gasteiger partial charge on any atom is -0.508 e. The van der Waals surface area contributed by atoms with E-state index in [1.54, 1.807) is 36.4 Å². The molecular formula is C17H18N2O3. The van der Waals surface area contributed by atoms with Gasteiger partial charge in [0.15, 0.2) is 0 Å². The lowest BCUT2D eigenvalue weighted by atomic mass is 10.1. The fourth-order valence-electron chi connectivity index (χ4n) is 2.08. The maximum absolute atomic E-state index is 12.0. The zero-order chi connectivity index (χ0) is 16.1. The second kappa shape index (κ2) is 6.76. The maximum atomic E-state index is 12.0. The second-order valence-electron chi connectivity index (χ2n) is 5.10. The largest absolute Gasteiger partial charge is 0.508 e. The van der Waals surface area contributed by atoms with E-state index in [4.69, 9.17) is 0 Å². The van der Waals surface area contributed by atoms with Crippen molar-refractivity contribution in [2.45, 2.75) is 20.3 Å². The Morgan fingerprint density at radius 3 is 2.32 bits per heavy atom. The highest BCUT2D eigenvalue weighted by molar-refractivity contribution is 5.93. The molecule has 0 bridgehead atoms. The van der Waals surface area contributed by atoms with Crippen molar-refractivity contribution in [1.29, 1.82) is 0 Å². The van der Waals surface area contributed by atoms with Gasteiger partial charge in [-0.1, -0.05) is 12.1 Å². The number of aromatic hydroxyl groups is 1. The summed E-state index contributed by atoms with van der Waals surface area (Å²) in [4.78, 5) is 23.0. The maximum Gasteiger partial charge on any atom is 0.228 e. The van der Waals surface area contributed by atoms with Gasteiger partial charge < -0.3 is 15.7 Å². The molecule has 0 aromatic heterocycles. The first-order valence-corrected chi connectivity index (χ1v) is 6.90. The van der Waals surface area contributed by atoms with Crippen LogP contribution in [-0.2, 0) is 16.0 Å². The molecule has 3 N–H and O–H groups in total. The summed E-state index contributed by atoms with van der Waals surface area (Å²) in [6, 6.07) is 11.9. The number of phenolic OH excluding ortho intramolecular Hbond substituents is 1. The van der Waals surface area contributed by atoms with Gasteiger partial charge in [0, 0.05) is 18.3 Å². The summed E-state index contributed by atoms with van der Waals surface area (Å²) in [6.07, 6.45) is 0.237. The monoisotopic (exact) mass is 298 g/mol. The molecule has 5 nitrogen and oxygen atoms in total. The molecule has 0 aliphatic carbocycles. The lowest BCUT2D eigenvalue weighted by Crippen LogP contribution is -2.15. The fourth-order valence-corrected chi connectivity index (χ4v) is 2.08. The van der Waals surface area contributed by atoms with Crippen LogP contribution in [-0.4, -0.2) is 16.9 Å². The van der Waals surface area contributed by atoms with Gasteiger partial charge in [0.05, 0.1) is 6.42 Å². The highest BCUT2D eigenvalue weighted by Crippen LogP contribution is 2.20. The van der Waals surface area contributed by atoms with Crippen molar-refractivity contribution in [2.24, 2.45) is 0 Å². The van der Waals surface area contributed by atoms with Gasteiger partial charge in [-0.05, 0) is 48.4 Å². The highest BCUT2D eigenvalue weighted by Gasteiger charge is 2.07. The average Bonchev–Trinajstić information content (AvgIpc) is 2.43. The van der Waals surface area contributed by atoms with Gasteiger partial charge >= 0.3 is 0 Å². The SMILES string of the molecule is CC(=O)Nc1ccc(CC(=O)Nc2ccc(O)cc2C)cc1. The summed E-state index contributed by atoms with van der Waals surface area (Å²) in [5, 5.41) is 14.8. The minimum atomic E-state index is -0.138. The zero-order valence-corrected chi connectivity index (χ0v) is 12.5. The predicted octanol–water partition coefficient (Wildman–Crippen LogP) is 2.84. The molecule has 114 valence electrons. The summed E-state index contributed by atoms with van der Waals surface area (Å²) in [5.74, 6) is -0.0987. The van der Waals surface area contributed by atoms with Crippen molar-refractivity contribution in [2.75, 3.05) is 10.6 Å². The molecule has 2 amide bonds. The Morgan fingerprint density at radius 1 is 1.05 bits per heavy atom. The van der Waals surface area contributed by atoms with Crippen molar-refractivity contribution in [3.8, 4) is 5.75 Å². The second-order valence-corrected chi connectivity index (χ2v) is 5.10. The van der Waals surface area contributed by atoms with Gasteiger partial charge in [-0.3, -0.25) is 9.59 Å². The molecule has 2 rings (SSSR count). The minimum absolute atomic E-state index is 0.131. The lowest BCUT2D eigenvalue weighted by molar-refractivity contribution is -0.116. The van der Waals surface area contributed by atoms with E-state index in [0.29, 0.717) is 11.4 Å². The Labute approximate surface area is 129 Å². The smallest absolute Gasteiger partial charge is 0.228 e. The zero-order valence-electron chi connectivity index (χ0n) is 12.5. The van der Waals surface area contributed by atoms with Gasteiger partial charge in [0.2, 0.25) is 11.8 Å². The molecule has 0 fully saturated rings. The van der Waals surface area contributed by atoms with Crippen molar-refractivity contribution >= 4 is 23.2 Å². The van der Waals surface area contributed by atoms with Gasteiger partial charge in [-0.15, -0.1) is 0 Å². The van der Waals surface area contributed by atoms with Crippen LogP contribution in [0.3, 0.4) is 0 Å². The van der Waals surface area contributed by atoms with E-state index in [1.807, 2.05) is 6.92 Å². The number of benzene rings is 2. The molecule has 0 atom stereocenters. The average molecular weight is 298 g/mol. The van der Waals surface area contributed by atoms with Crippen LogP contribution in [0.25, 0.3) is 0 Å². The summed E-state index contributed by atoms with van der Waals surface area (Å²) < 4.78 is 0. The Kier molecular flexibility index (Phi) is 4.78. The number of amides is 2. The molecule has 0 aliphatic rings. The van der Waals surface area contributed by atoms with E-state index in [1.165, 1.54) is 13.0 Å². The third-order valence-corrected chi connectivity index (χ3v) is 3.12. The van der Waals surface area contributed by atoms with Crippen LogP contribution in [0.4, 0.5) is 11.4 Å². The predicted molar refractivity (Wildman–Crippen MR) is 85.9 cm³/mol. The normalized spacial score (nSPS) is 10.1. The molecule has 0 aliphatic heterocycles. The Hall–Kier alpha value is -2.82. The van der Waals surface area contributed by atoms with E-state index in [-0.39, 0.29) is 24.0 Å². The van der Waals surface area contributed by atoms with Crippen molar-refractivity contribution < 1.29 is 14.7 Å². The number of rotatable bonds is 4. The van der Waals surface area contributed by atoms with Gasteiger partial charge in [-0.2, -0.15) is 0 Å². The van der Waals surface area contributed by atoms with E-state index < -0.39 is 0 Å². The number of anilines is 2. The van der Waals surface area contributed by atoms with Crippen LogP contribution < -0.4 is 10.6 Å². The lowest BCUT2D eigenvalue weighted by Gasteiger charge is -2.09. The van der Waals surface area contributed by atoms with Crippen molar-refractivity contribution in [3.05, 3.63) is 53.6 Å². The third-order valence-electron chi connectivity index (χ3n) is 3.12. The Morgan fingerprint density at radius 2 is 1.73 bits per heavy atom. The van der Waals surface area contributed by atoms with Crippen molar-refractivity contribution in [1.82, 2.24) is 0 Å². The number of carbonyl (C=O) groups is 2. The molecule has 0 saturated heterocycles. The summed E-state index contributed by atoms with van der Waals surface area (Å²) >= 11 is 0. The van der Waals surface area contributed by atoms with Gasteiger partial charge in [0.1, 0.15) is 5.75 Å². The first-order valence-electron chi connectivity index (χ1n) is 6.90. The van der Waals surface area contributed by atoms with E-state index in [2.05, 4.69) is 10.6 Å². The number of aryl methyl sites for hydroxylation is 1. The molecule has 0 saturated carbocycles. The van der Waals surface area contributed by atoms with Crippen LogP contribution in [0.5, 0.6) is 5.75 Å². The van der Waals surface area contributed by atoms with E-state index in [0.717, 1.165) is 11.1 Å². The molecule has 0 spiro atoms. The van der Waals surface area contributed by atoms with Crippen LogP contribution in [0.15, 0.2) is 42.5 Å². The topological polar surface area (TPSA) is 78.4 Å². The van der Waals surface area contributed by atoms with Crippen LogP contribution in [0.1, 0.15) is 18.1 Å². The summed E-state index contributed by atoms with van der Waals surface area (Å²) in [7, 11) is 0. The number of hydrogen-bond donors (Lipinski definition) is 3. The number of carbonyl (C=O) groups excluding carboxylic acids is 2. The molecule has 0 unspecified atom stereocenters. The first kappa shape index (κ1) is 15.6. The standard InChI is InChI=1S/C17H18N2O3/c1-11-9-15(21)7-8-16(11)19-17(22)10-13-3-5-14(6-4-13)18-12(2)20/h3-9,21H,10H2,1-2H3,(H,18,20)(H,19,22). The van der Waals surface area contributed by atoms with Crippen LogP contribution >= 0.6 is 0 Å². The van der Waals surface area contributed by atoms with Crippen LogP contribution in [0, 0.1) is 6.92 Å². The summed E-state index contributed by atoms with van der Waals surface area (Å²) in [6.45, 7) is 3.26. The Bertz CT molecular complexity index is 694. The number of hydrogen-bond acceptors (Lipinski definition) is 3. The third kappa shape index (κ3) is 4.34. The van der Waals surface area contributed by atoms with Gasteiger partial charge in [-0.25, -0.2) is 0 Å². The number of nitrogens with one attached hydrogen (secondary N) is 2. The van der Waals surface area contributed by atoms with Crippen LogP contribution in [0.2, 0.25) is 0 Å². The summed E-state index contributed by atoms with van der Waals surface area (Å²) in [5.41, 5.74) is 3.03. The van der Waals surface area contributed by atoms with Crippen molar-refractivity contribution in [3.63, 3.8) is 0 Å². The highest BCUT2D eigenvalue weighted by atomic mass is 16.3. The fraction of sp³-hybridized carbons (Fsp3) is 0.176. The molecule has 22 heavy (non-hydrogen) atoms. The van der Waals surface area contributed by atoms with Gasteiger partial charge in [0.25, 0.3) is 0 Å². The first-order chi connectivity index (χ1) is 10.4. The quantitative estimate of drug-likeness (QED) is 0.759. The molecular weight excluding hydrogens is 280 g/mol. The molecule has 2 aromatic carbocycles. The van der Waals surface area contributed by atoms with E-state index >= 15 is 0 Å².